The lowest BCUT2D eigenvalue weighted by Crippen LogP contribution is -2.16. The molecule has 1 saturated heterocycles. The van der Waals surface area contributed by atoms with E-state index in [1.807, 2.05) is 0 Å². The van der Waals surface area contributed by atoms with E-state index < -0.39 is 0 Å². The highest BCUT2D eigenvalue weighted by molar-refractivity contribution is 5.28. The van der Waals surface area contributed by atoms with Gasteiger partial charge in [0.05, 0.1) is 6.61 Å². The van der Waals surface area contributed by atoms with Crippen LogP contribution in [0, 0.1) is 0 Å². The Balaban J connectivity index is 1.38. The van der Waals surface area contributed by atoms with Crippen molar-refractivity contribution in [1.82, 2.24) is 0 Å². The summed E-state index contributed by atoms with van der Waals surface area (Å²) in [5.41, 5.74) is 1.30. The first-order chi connectivity index (χ1) is 14.2. The molecule has 0 bridgehead atoms. The summed E-state index contributed by atoms with van der Waals surface area (Å²) >= 11 is 0. The Morgan fingerprint density at radius 3 is 1.93 bits per heavy atom. The second-order valence-corrected chi connectivity index (χ2v) is 9.02. The van der Waals surface area contributed by atoms with Gasteiger partial charge in [0.25, 0.3) is 0 Å². The molecule has 0 aromatic heterocycles. The van der Waals surface area contributed by atoms with Crippen molar-refractivity contribution in [2.24, 2.45) is 0 Å². The van der Waals surface area contributed by atoms with Gasteiger partial charge in [-0.1, -0.05) is 102 Å². The van der Waals surface area contributed by atoms with Gasteiger partial charge in [0.15, 0.2) is 0 Å². The molecule has 164 valence electrons. The Morgan fingerprint density at radius 2 is 1.38 bits per heavy atom. The third kappa shape index (κ3) is 12.1. The molecule has 1 aliphatic heterocycles. The zero-order valence-electron chi connectivity index (χ0n) is 19.1. The maximum Gasteiger partial charge on any atom is 0.123 e. The Bertz CT molecular complexity index is 542. The maximum atomic E-state index is 5.78. The lowest BCUT2D eigenvalue weighted by Gasteiger charge is -2.09. The van der Waals surface area contributed by atoms with Gasteiger partial charge in [-0.3, -0.25) is 0 Å². The molecular formula is C27H44O2. The van der Waals surface area contributed by atoms with Gasteiger partial charge < -0.3 is 9.47 Å². The summed E-state index contributed by atoms with van der Waals surface area (Å²) in [6.07, 6.45) is 23.9. The maximum absolute atomic E-state index is 5.78. The van der Waals surface area contributed by atoms with Crippen LogP contribution in [0.1, 0.15) is 103 Å². The number of hydrogen-bond donors (Lipinski definition) is 0. The van der Waals surface area contributed by atoms with Crippen molar-refractivity contribution < 1.29 is 9.47 Å². The monoisotopic (exact) mass is 400 g/mol. The molecule has 1 heterocycles. The lowest BCUT2D eigenvalue weighted by atomic mass is 10.0. The van der Waals surface area contributed by atoms with Crippen LogP contribution < -0.4 is 4.74 Å². The molecule has 0 N–H and O–H groups in total. The smallest absolute Gasteiger partial charge is 0.123 e. The van der Waals surface area contributed by atoms with Crippen LogP contribution in [0.4, 0.5) is 0 Å². The van der Waals surface area contributed by atoms with E-state index in [4.69, 9.17) is 9.47 Å². The van der Waals surface area contributed by atoms with Crippen LogP contribution in [-0.2, 0) is 11.2 Å². The number of hydrogen-bond acceptors (Lipinski definition) is 2. The highest BCUT2D eigenvalue weighted by Gasteiger charge is 2.40. The molecular weight excluding hydrogens is 356 g/mol. The fourth-order valence-electron chi connectivity index (χ4n) is 3.60. The average molecular weight is 401 g/mol. The molecule has 0 amide bonds. The van der Waals surface area contributed by atoms with Crippen molar-refractivity contribution in [2.45, 2.75) is 109 Å². The van der Waals surface area contributed by atoms with Gasteiger partial charge in [0.1, 0.15) is 18.0 Å². The lowest BCUT2D eigenvalue weighted by molar-refractivity contribution is 0.202. The first-order valence-electron chi connectivity index (χ1n) is 12.2. The van der Waals surface area contributed by atoms with Gasteiger partial charge >= 0.3 is 0 Å². The minimum absolute atomic E-state index is 0.0463. The molecule has 0 radical (unpaired) electrons. The molecule has 2 heteroatoms. The van der Waals surface area contributed by atoms with E-state index in [1.165, 1.54) is 89.0 Å². The molecule has 1 atom stereocenters. The number of unbranched alkanes of at least 4 members (excludes halogenated alkanes) is 12. The van der Waals surface area contributed by atoms with Crippen molar-refractivity contribution in [1.29, 1.82) is 0 Å². The summed E-state index contributed by atoms with van der Waals surface area (Å²) < 4.78 is 11.1. The van der Waals surface area contributed by atoms with Crippen molar-refractivity contribution in [3.8, 4) is 5.75 Å². The van der Waals surface area contributed by atoms with Crippen molar-refractivity contribution in [2.75, 3.05) is 13.2 Å². The summed E-state index contributed by atoms with van der Waals surface area (Å²) in [6, 6.07) is 8.47. The predicted molar refractivity (Wildman–Crippen MR) is 125 cm³/mol. The highest BCUT2D eigenvalue weighted by atomic mass is 16.6. The number of benzene rings is 1. The van der Waals surface area contributed by atoms with Gasteiger partial charge in [-0.2, -0.15) is 0 Å². The van der Waals surface area contributed by atoms with Crippen molar-refractivity contribution in [3.63, 3.8) is 0 Å². The van der Waals surface area contributed by atoms with E-state index in [0.717, 1.165) is 18.8 Å². The van der Waals surface area contributed by atoms with Crippen LogP contribution in [0.2, 0.25) is 0 Å². The second-order valence-electron chi connectivity index (χ2n) is 9.02. The highest BCUT2D eigenvalue weighted by Crippen LogP contribution is 2.27. The quantitative estimate of drug-likeness (QED) is 0.141. The van der Waals surface area contributed by atoms with Crippen LogP contribution in [0.3, 0.4) is 0 Å². The molecule has 2 nitrogen and oxygen atoms in total. The Labute approximate surface area is 180 Å². The Kier molecular flexibility index (Phi) is 12.1. The number of allylic oxidation sites excluding steroid dienone is 2. The summed E-state index contributed by atoms with van der Waals surface area (Å²) in [7, 11) is 0. The van der Waals surface area contributed by atoms with Crippen LogP contribution in [0.5, 0.6) is 5.75 Å². The first kappa shape index (κ1) is 24.0. The third-order valence-electron chi connectivity index (χ3n) is 5.85. The molecule has 0 aliphatic carbocycles. The van der Waals surface area contributed by atoms with E-state index >= 15 is 0 Å². The molecule has 1 aliphatic rings. The third-order valence-corrected chi connectivity index (χ3v) is 5.85. The first-order valence-corrected chi connectivity index (χ1v) is 12.2. The van der Waals surface area contributed by atoms with E-state index in [-0.39, 0.29) is 5.60 Å². The van der Waals surface area contributed by atoms with Gasteiger partial charge in [-0.15, -0.1) is 0 Å². The standard InChI is InChI=1S/C27H44O2/c1-3-4-5-6-7-8-9-10-11-12-13-14-15-16-17-18-25-19-21-26(22-20-25)28-23-27(2)24-29-27/h16-17,19-22H,3-15,18,23-24H2,1-2H3/b17-16+. The molecule has 1 aromatic carbocycles. The van der Waals surface area contributed by atoms with E-state index in [2.05, 4.69) is 50.3 Å². The van der Waals surface area contributed by atoms with Gasteiger partial charge in [-0.05, 0) is 43.9 Å². The van der Waals surface area contributed by atoms with E-state index in [0.29, 0.717) is 6.61 Å². The zero-order chi connectivity index (χ0) is 20.6. The molecule has 1 aromatic rings. The summed E-state index contributed by atoms with van der Waals surface area (Å²) in [6.45, 7) is 5.83. The molecule has 1 fully saturated rings. The fourth-order valence-corrected chi connectivity index (χ4v) is 3.60. The van der Waals surface area contributed by atoms with Crippen LogP contribution >= 0.6 is 0 Å². The topological polar surface area (TPSA) is 21.8 Å². The van der Waals surface area contributed by atoms with Crippen molar-refractivity contribution in [3.05, 3.63) is 42.0 Å². The Morgan fingerprint density at radius 1 is 0.828 bits per heavy atom. The average Bonchev–Trinajstić information content (AvgIpc) is 3.48. The predicted octanol–water partition coefficient (Wildman–Crippen LogP) is 8.04. The molecule has 0 spiro atoms. The second kappa shape index (κ2) is 14.7. The van der Waals surface area contributed by atoms with Crippen molar-refractivity contribution >= 4 is 0 Å². The SMILES string of the molecule is CCCCCCCCCCCCCC/C=C/Cc1ccc(OCC2(C)CO2)cc1. The molecule has 0 saturated carbocycles. The summed E-state index contributed by atoms with van der Waals surface area (Å²) in [4.78, 5) is 0. The number of epoxide rings is 1. The van der Waals surface area contributed by atoms with Gasteiger partial charge in [0, 0.05) is 0 Å². The fraction of sp³-hybridized carbons (Fsp3) is 0.704. The van der Waals surface area contributed by atoms with Crippen LogP contribution in [-0.4, -0.2) is 18.8 Å². The summed E-state index contributed by atoms with van der Waals surface area (Å²) in [5, 5.41) is 0. The largest absolute Gasteiger partial charge is 0.491 e. The molecule has 29 heavy (non-hydrogen) atoms. The van der Waals surface area contributed by atoms with Crippen LogP contribution in [0.15, 0.2) is 36.4 Å². The van der Waals surface area contributed by atoms with E-state index in [9.17, 15) is 0 Å². The molecule has 1 unspecified atom stereocenters. The molecule has 2 rings (SSSR count). The van der Waals surface area contributed by atoms with E-state index in [1.54, 1.807) is 0 Å². The Hall–Kier alpha value is -1.28. The minimum atomic E-state index is -0.0463. The van der Waals surface area contributed by atoms with Gasteiger partial charge in [0.2, 0.25) is 0 Å². The number of rotatable bonds is 18. The van der Waals surface area contributed by atoms with Crippen LogP contribution in [0.25, 0.3) is 0 Å². The zero-order valence-corrected chi connectivity index (χ0v) is 19.1. The normalized spacial score (nSPS) is 18.4. The summed E-state index contributed by atoms with van der Waals surface area (Å²) in [5.74, 6) is 0.936. The minimum Gasteiger partial charge on any atom is -0.491 e. The number of ether oxygens (including phenoxy) is 2. The van der Waals surface area contributed by atoms with Gasteiger partial charge in [-0.25, -0.2) is 0 Å².